The molecular weight excluding hydrogens is 354 g/mol. The van der Waals surface area contributed by atoms with Gasteiger partial charge in [0.25, 0.3) is 5.91 Å². The number of hydrogen-bond acceptors (Lipinski definition) is 6. The minimum atomic E-state index is -1.59. The minimum Gasteiger partial charge on any atom is -0.489 e. The number of aromatic nitrogens is 3. The lowest BCUT2D eigenvalue weighted by Crippen LogP contribution is -2.18. The number of amides is 1. The molecule has 1 aromatic carbocycles. The highest BCUT2D eigenvalue weighted by Crippen LogP contribution is 2.32. The van der Waals surface area contributed by atoms with E-state index in [9.17, 15) is 9.00 Å². The smallest absolute Gasteiger partial charge is 0.258 e. The molecule has 0 radical (unpaired) electrons. The molecule has 3 aromatic rings. The molecule has 2 N–H and O–H groups in total. The molecule has 0 spiro atoms. The molecule has 2 aliphatic rings. The van der Waals surface area contributed by atoms with E-state index in [0.717, 1.165) is 40.1 Å². The summed E-state index contributed by atoms with van der Waals surface area (Å²) in [4.78, 5) is 15.9. The third-order valence-corrected chi connectivity index (χ3v) is 5.31. The van der Waals surface area contributed by atoms with Crippen LogP contribution >= 0.6 is 0 Å². The molecule has 2 aromatic heterocycles. The van der Waals surface area contributed by atoms with Gasteiger partial charge in [-0.2, -0.15) is 5.10 Å². The van der Waals surface area contributed by atoms with Crippen LogP contribution in [0, 0.1) is 0 Å². The van der Waals surface area contributed by atoms with E-state index in [2.05, 4.69) is 20.1 Å². The molecule has 0 fully saturated rings. The van der Waals surface area contributed by atoms with Crippen LogP contribution in [-0.2, 0) is 15.8 Å². The van der Waals surface area contributed by atoms with Crippen molar-refractivity contribution in [3.63, 3.8) is 0 Å². The van der Waals surface area contributed by atoms with E-state index in [0.29, 0.717) is 11.6 Å². The van der Waals surface area contributed by atoms with E-state index in [4.69, 9.17) is 4.74 Å². The number of nitrogens with one attached hydrogen (secondary N) is 2. The fraction of sp³-hybridized carbons (Fsp3) is 0.118. The number of benzene rings is 1. The SMILES string of the molecule is O=C1C=C(n2ncc3cc(-c4cc5c(cn4)NCCO5)ccc32)S(=O)N1. The number of carbonyl (C=O) groups is 1. The molecule has 0 saturated heterocycles. The third-order valence-electron chi connectivity index (χ3n) is 4.25. The van der Waals surface area contributed by atoms with Crippen LogP contribution in [0.25, 0.3) is 27.2 Å². The summed E-state index contributed by atoms with van der Waals surface area (Å²) in [5, 5.41) is 8.70. The van der Waals surface area contributed by atoms with Crippen molar-refractivity contribution in [3.05, 3.63) is 42.7 Å². The lowest BCUT2D eigenvalue weighted by molar-refractivity contribution is -0.114. The maximum atomic E-state index is 12.0. The Balaban J connectivity index is 1.57. The van der Waals surface area contributed by atoms with Crippen molar-refractivity contribution in [2.75, 3.05) is 18.5 Å². The first-order chi connectivity index (χ1) is 12.7. The molecule has 1 atom stereocenters. The molecule has 1 unspecified atom stereocenters. The summed E-state index contributed by atoms with van der Waals surface area (Å²) in [5.41, 5.74) is 3.37. The maximum Gasteiger partial charge on any atom is 0.258 e. The van der Waals surface area contributed by atoms with Crippen LogP contribution in [-0.4, -0.2) is 38.0 Å². The summed E-state index contributed by atoms with van der Waals surface area (Å²) in [6.07, 6.45) is 4.74. The van der Waals surface area contributed by atoms with Crippen molar-refractivity contribution in [1.29, 1.82) is 0 Å². The quantitative estimate of drug-likeness (QED) is 0.712. The molecule has 130 valence electrons. The van der Waals surface area contributed by atoms with Crippen molar-refractivity contribution in [3.8, 4) is 17.0 Å². The Morgan fingerprint density at radius 2 is 2.15 bits per heavy atom. The van der Waals surface area contributed by atoms with E-state index in [-0.39, 0.29) is 5.91 Å². The summed E-state index contributed by atoms with van der Waals surface area (Å²) in [7, 11) is -1.59. The lowest BCUT2D eigenvalue weighted by atomic mass is 10.1. The summed E-state index contributed by atoms with van der Waals surface area (Å²) in [6.45, 7) is 1.40. The molecule has 2 aliphatic heterocycles. The number of ether oxygens (including phenoxy) is 1. The van der Waals surface area contributed by atoms with Gasteiger partial charge in [0, 0.05) is 29.6 Å². The Bertz CT molecular complexity index is 1120. The largest absolute Gasteiger partial charge is 0.489 e. The normalized spacial score (nSPS) is 18.7. The zero-order chi connectivity index (χ0) is 17.7. The van der Waals surface area contributed by atoms with Crippen molar-refractivity contribution in [2.24, 2.45) is 0 Å². The number of anilines is 1. The highest BCUT2D eigenvalue weighted by Gasteiger charge is 2.23. The third kappa shape index (κ3) is 2.36. The van der Waals surface area contributed by atoms with Gasteiger partial charge in [0.1, 0.15) is 12.4 Å². The Labute approximate surface area is 150 Å². The molecule has 5 rings (SSSR count). The summed E-state index contributed by atoms with van der Waals surface area (Å²) < 4.78 is 21.5. The predicted molar refractivity (Wildman–Crippen MR) is 97.5 cm³/mol. The van der Waals surface area contributed by atoms with Crippen LogP contribution in [0.3, 0.4) is 0 Å². The molecule has 0 bridgehead atoms. The van der Waals surface area contributed by atoms with E-state index < -0.39 is 11.0 Å². The van der Waals surface area contributed by atoms with Crippen molar-refractivity contribution < 1.29 is 13.7 Å². The lowest BCUT2D eigenvalue weighted by Gasteiger charge is -2.19. The van der Waals surface area contributed by atoms with Crippen molar-refractivity contribution in [1.82, 2.24) is 19.5 Å². The average molecular weight is 367 g/mol. The minimum absolute atomic E-state index is 0.323. The highest BCUT2D eigenvalue weighted by molar-refractivity contribution is 7.93. The second kappa shape index (κ2) is 5.67. The Morgan fingerprint density at radius 1 is 1.23 bits per heavy atom. The molecule has 0 aliphatic carbocycles. The summed E-state index contributed by atoms with van der Waals surface area (Å²) in [5.74, 6) is 0.401. The van der Waals surface area contributed by atoms with Gasteiger partial charge in [-0.1, -0.05) is 6.07 Å². The number of fused-ring (bicyclic) bond motifs is 2. The first kappa shape index (κ1) is 15.1. The zero-order valence-electron chi connectivity index (χ0n) is 13.4. The highest BCUT2D eigenvalue weighted by atomic mass is 32.2. The zero-order valence-corrected chi connectivity index (χ0v) is 14.2. The standard InChI is InChI=1S/C17H13N5O3S/c23-16-7-17(26(24)21-16)22-14-2-1-10(5-11(14)8-20-22)12-6-15-13(9-19-12)18-3-4-25-15/h1-2,5-9,18H,3-4H2,(H,21,23). The van der Waals surface area contributed by atoms with Gasteiger partial charge >= 0.3 is 0 Å². The average Bonchev–Trinajstić information content (AvgIpc) is 3.22. The van der Waals surface area contributed by atoms with Crippen LogP contribution < -0.4 is 14.8 Å². The van der Waals surface area contributed by atoms with Crippen LogP contribution in [0.1, 0.15) is 0 Å². The van der Waals surface area contributed by atoms with E-state index in [1.54, 1.807) is 12.4 Å². The van der Waals surface area contributed by atoms with Gasteiger partial charge in [-0.3, -0.25) is 14.5 Å². The predicted octanol–water partition coefficient (Wildman–Crippen LogP) is 1.49. The van der Waals surface area contributed by atoms with E-state index in [1.807, 2.05) is 24.3 Å². The van der Waals surface area contributed by atoms with Crippen LogP contribution in [0.4, 0.5) is 5.69 Å². The van der Waals surface area contributed by atoms with Crippen molar-refractivity contribution >= 4 is 38.5 Å². The molecule has 26 heavy (non-hydrogen) atoms. The molecule has 9 heteroatoms. The second-order valence-electron chi connectivity index (χ2n) is 5.89. The topological polar surface area (TPSA) is 98.1 Å². The van der Waals surface area contributed by atoms with Crippen LogP contribution in [0.5, 0.6) is 5.75 Å². The fourth-order valence-electron chi connectivity index (χ4n) is 3.04. The van der Waals surface area contributed by atoms with E-state index >= 15 is 0 Å². The number of hydrogen-bond donors (Lipinski definition) is 2. The van der Waals surface area contributed by atoms with E-state index in [1.165, 1.54) is 10.8 Å². The van der Waals surface area contributed by atoms with Gasteiger partial charge < -0.3 is 10.1 Å². The monoisotopic (exact) mass is 367 g/mol. The Kier molecular flexibility index (Phi) is 3.29. The summed E-state index contributed by atoms with van der Waals surface area (Å²) in [6, 6.07) is 7.65. The van der Waals surface area contributed by atoms with Gasteiger partial charge in [0.15, 0.2) is 16.0 Å². The maximum absolute atomic E-state index is 12.0. The van der Waals surface area contributed by atoms with Crippen molar-refractivity contribution in [2.45, 2.75) is 0 Å². The Morgan fingerprint density at radius 3 is 3.00 bits per heavy atom. The molecular formula is C17H13N5O3S. The Hall–Kier alpha value is -3.20. The van der Waals surface area contributed by atoms with Gasteiger partial charge in [-0.05, 0) is 12.1 Å². The first-order valence-electron chi connectivity index (χ1n) is 7.98. The second-order valence-corrected chi connectivity index (χ2v) is 7.05. The fourth-order valence-corrected chi connectivity index (χ4v) is 3.90. The number of carbonyl (C=O) groups excluding carboxylic acids is 1. The molecule has 8 nitrogen and oxygen atoms in total. The number of pyridine rings is 1. The van der Waals surface area contributed by atoms with Crippen LogP contribution in [0.2, 0.25) is 0 Å². The van der Waals surface area contributed by atoms with Gasteiger partial charge in [-0.25, -0.2) is 8.89 Å². The molecule has 0 saturated carbocycles. The number of rotatable bonds is 2. The molecule has 4 heterocycles. The molecule has 1 amide bonds. The number of nitrogens with zero attached hydrogens (tertiary/aromatic N) is 3. The van der Waals surface area contributed by atoms with Gasteiger partial charge in [-0.15, -0.1) is 0 Å². The van der Waals surface area contributed by atoms with Gasteiger partial charge in [0.05, 0.1) is 29.3 Å². The van der Waals surface area contributed by atoms with Crippen LogP contribution in [0.15, 0.2) is 42.7 Å². The van der Waals surface area contributed by atoms with Gasteiger partial charge in [0.2, 0.25) is 0 Å². The first-order valence-corrected chi connectivity index (χ1v) is 9.13. The summed E-state index contributed by atoms with van der Waals surface area (Å²) >= 11 is 0.